The summed E-state index contributed by atoms with van der Waals surface area (Å²) >= 11 is 0. The predicted molar refractivity (Wildman–Crippen MR) is 68.0 cm³/mol. The van der Waals surface area contributed by atoms with E-state index in [0.29, 0.717) is 26.1 Å². The number of benzene rings is 1. The van der Waals surface area contributed by atoms with Crippen molar-refractivity contribution in [2.45, 2.75) is 18.4 Å². The van der Waals surface area contributed by atoms with Crippen LogP contribution in [0.5, 0.6) is 0 Å². The maximum Gasteiger partial charge on any atom is 0.305 e. The Bertz CT molecular complexity index is 407. The van der Waals surface area contributed by atoms with E-state index in [1.54, 1.807) is 0 Å². The maximum absolute atomic E-state index is 11.5. The summed E-state index contributed by atoms with van der Waals surface area (Å²) < 4.78 is 5.07. The van der Waals surface area contributed by atoms with E-state index in [1.165, 1.54) is 0 Å². The molecular formula is C14H19NO3. The largest absolute Gasteiger partial charge is 0.464 e. The van der Waals surface area contributed by atoms with Crippen molar-refractivity contribution in [2.24, 2.45) is 0 Å². The molecule has 98 valence electrons. The Balaban J connectivity index is 2.23. The highest BCUT2D eigenvalue weighted by atomic mass is 16.5. The van der Waals surface area contributed by atoms with Crippen LogP contribution in [0.1, 0.15) is 18.4 Å². The van der Waals surface area contributed by atoms with E-state index in [0.717, 1.165) is 5.56 Å². The lowest BCUT2D eigenvalue weighted by Crippen LogP contribution is -2.39. The molecule has 4 nitrogen and oxygen atoms in total. The molecule has 1 aromatic carbocycles. The van der Waals surface area contributed by atoms with Gasteiger partial charge in [0, 0.05) is 19.5 Å². The van der Waals surface area contributed by atoms with Crippen molar-refractivity contribution in [3.63, 3.8) is 0 Å². The van der Waals surface area contributed by atoms with E-state index in [9.17, 15) is 9.90 Å². The van der Waals surface area contributed by atoms with Gasteiger partial charge in [0.15, 0.2) is 0 Å². The molecule has 1 fully saturated rings. The number of ether oxygens (including phenoxy) is 1. The molecule has 0 aliphatic carbocycles. The molecule has 0 spiro atoms. The average Bonchev–Trinajstić information content (AvgIpc) is 2.42. The average molecular weight is 249 g/mol. The van der Waals surface area contributed by atoms with Gasteiger partial charge in [0.1, 0.15) is 12.2 Å². The highest BCUT2D eigenvalue weighted by Gasteiger charge is 2.32. The van der Waals surface area contributed by atoms with E-state index in [-0.39, 0.29) is 12.4 Å². The molecule has 4 heteroatoms. The zero-order valence-corrected chi connectivity index (χ0v) is 10.6. The first kappa shape index (κ1) is 13.1. The minimum Gasteiger partial charge on any atom is -0.464 e. The normalized spacial score (nSPS) is 26.9. The molecule has 0 amide bonds. The van der Waals surface area contributed by atoms with Gasteiger partial charge in [-0.1, -0.05) is 30.3 Å². The van der Waals surface area contributed by atoms with Gasteiger partial charge in [0.05, 0.1) is 0 Å². The molecular weight excluding hydrogens is 230 g/mol. The van der Waals surface area contributed by atoms with Gasteiger partial charge in [-0.3, -0.25) is 9.69 Å². The molecule has 18 heavy (non-hydrogen) atoms. The molecule has 2 rings (SSSR count). The second-order valence-electron chi connectivity index (χ2n) is 4.86. The first-order valence-corrected chi connectivity index (χ1v) is 6.22. The standard InChI is InChI=1S/C14H19NO3/c1-15-9-10-18-13(16)7-8-14(17,11-15)12-5-3-2-4-6-12/h2-6,17H,7-11H2,1H3/t14-/m1/s1. The van der Waals surface area contributed by atoms with Gasteiger partial charge in [-0.25, -0.2) is 0 Å². The highest BCUT2D eigenvalue weighted by molar-refractivity contribution is 5.69. The molecule has 1 atom stereocenters. The zero-order chi connectivity index (χ0) is 13.0. The van der Waals surface area contributed by atoms with Crippen LogP contribution >= 0.6 is 0 Å². The topological polar surface area (TPSA) is 49.8 Å². The first-order chi connectivity index (χ1) is 8.60. The molecule has 0 aromatic heterocycles. The Morgan fingerprint density at radius 3 is 2.78 bits per heavy atom. The summed E-state index contributed by atoms with van der Waals surface area (Å²) in [6, 6.07) is 9.52. The minimum atomic E-state index is -0.987. The molecule has 1 aliphatic rings. The molecule has 1 aliphatic heterocycles. The SMILES string of the molecule is CN1CCOC(=O)CC[C@](O)(c2ccccc2)C1. The molecule has 1 saturated heterocycles. The summed E-state index contributed by atoms with van der Waals surface area (Å²) in [7, 11) is 1.92. The second kappa shape index (κ2) is 5.50. The molecule has 1 N–H and O–H groups in total. The Hall–Kier alpha value is -1.39. The summed E-state index contributed by atoms with van der Waals surface area (Å²) in [5, 5.41) is 10.8. The molecule has 1 aromatic rings. The Morgan fingerprint density at radius 1 is 1.33 bits per heavy atom. The number of esters is 1. The van der Waals surface area contributed by atoms with Gasteiger partial charge in [-0.05, 0) is 19.0 Å². The quantitative estimate of drug-likeness (QED) is 0.758. The molecule has 0 radical (unpaired) electrons. The molecule has 0 bridgehead atoms. The van der Waals surface area contributed by atoms with Crippen LogP contribution in [-0.2, 0) is 15.1 Å². The van der Waals surface area contributed by atoms with Crippen LogP contribution < -0.4 is 0 Å². The van der Waals surface area contributed by atoms with Crippen molar-refractivity contribution in [3.8, 4) is 0 Å². The summed E-state index contributed by atoms with van der Waals surface area (Å²) in [5.41, 5.74) is -0.133. The molecule has 0 saturated carbocycles. The number of carbonyl (C=O) groups excluding carboxylic acids is 1. The van der Waals surface area contributed by atoms with Crippen LogP contribution in [0, 0.1) is 0 Å². The number of carbonyl (C=O) groups is 1. The molecule has 1 heterocycles. The second-order valence-corrected chi connectivity index (χ2v) is 4.86. The lowest BCUT2D eigenvalue weighted by molar-refractivity contribution is -0.144. The number of hydrogen-bond acceptors (Lipinski definition) is 4. The fourth-order valence-corrected chi connectivity index (χ4v) is 2.28. The Kier molecular flexibility index (Phi) is 3.99. The van der Waals surface area contributed by atoms with Crippen molar-refractivity contribution in [3.05, 3.63) is 35.9 Å². The van der Waals surface area contributed by atoms with Crippen LogP contribution in [0.15, 0.2) is 30.3 Å². The van der Waals surface area contributed by atoms with Crippen molar-refractivity contribution < 1.29 is 14.6 Å². The minimum absolute atomic E-state index is 0.236. The van der Waals surface area contributed by atoms with Crippen LogP contribution in [0.25, 0.3) is 0 Å². The number of nitrogens with zero attached hydrogens (tertiary/aromatic N) is 1. The fraction of sp³-hybridized carbons (Fsp3) is 0.500. The number of β-amino-alcohol motifs (C(OH)–C–C–N with tert-alkyl or cyclic N) is 1. The van der Waals surface area contributed by atoms with Gasteiger partial charge < -0.3 is 9.84 Å². The third kappa shape index (κ3) is 3.09. The molecule has 0 unspecified atom stereocenters. The smallest absolute Gasteiger partial charge is 0.305 e. The summed E-state index contributed by atoms with van der Waals surface area (Å²) in [5.74, 6) is -0.236. The van der Waals surface area contributed by atoms with Crippen LogP contribution in [0.2, 0.25) is 0 Å². The van der Waals surface area contributed by atoms with Gasteiger partial charge in [-0.2, -0.15) is 0 Å². The Morgan fingerprint density at radius 2 is 2.06 bits per heavy atom. The zero-order valence-electron chi connectivity index (χ0n) is 10.6. The van der Waals surface area contributed by atoms with Crippen molar-refractivity contribution in [2.75, 3.05) is 26.7 Å². The number of rotatable bonds is 1. The third-order valence-electron chi connectivity index (χ3n) is 3.32. The van der Waals surface area contributed by atoms with Gasteiger partial charge in [-0.15, -0.1) is 0 Å². The number of cyclic esters (lactones) is 1. The van der Waals surface area contributed by atoms with Crippen LogP contribution in [0.3, 0.4) is 0 Å². The number of likely N-dealkylation sites (N-methyl/N-ethyl adjacent to an activating group) is 1. The fourth-order valence-electron chi connectivity index (χ4n) is 2.28. The first-order valence-electron chi connectivity index (χ1n) is 6.22. The summed E-state index contributed by atoms with van der Waals surface area (Å²) in [6.07, 6.45) is 0.638. The van der Waals surface area contributed by atoms with Crippen LogP contribution in [0.4, 0.5) is 0 Å². The monoisotopic (exact) mass is 249 g/mol. The van der Waals surface area contributed by atoms with Gasteiger partial charge >= 0.3 is 5.97 Å². The van der Waals surface area contributed by atoms with Gasteiger partial charge in [0.2, 0.25) is 0 Å². The Labute approximate surface area is 107 Å². The van der Waals surface area contributed by atoms with Crippen molar-refractivity contribution in [1.82, 2.24) is 4.90 Å². The third-order valence-corrected chi connectivity index (χ3v) is 3.32. The van der Waals surface area contributed by atoms with E-state index < -0.39 is 5.60 Å². The van der Waals surface area contributed by atoms with E-state index in [1.807, 2.05) is 42.3 Å². The lowest BCUT2D eigenvalue weighted by atomic mass is 9.88. The predicted octanol–water partition coefficient (Wildman–Crippen LogP) is 1.14. The van der Waals surface area contributed by atoms with Crippen molar-refractivity contribution in [1.29, 1.82) is 0 Å². The number of hydrogen-bond donors (Lipinski definition) is 1. The lowest BCUT2D eigenvalue weighted by Gasteiger charge is -2.31. The van der Waals surface area contributed by atoms with Gasteiger partial charge in [0.25, 0.3) is 0 Å². The van der Waals surface area contributed by atoms with Crippen molar-refractivity contribution >= 4 is 5.97 Å². The van der Waals surface area contributed by atoms with E-state index in [4.69, 9.17) is 4.74 Å². The summed E-state index contributed by atoms with van der Waals surface area (Å²) in [6.45, 7) is 1.54. The highest BCUT2D eigenvalue weighted by Crippen LogP contribution is 2.28. The van der Waals surface area contributed by atoms with Crippen LogP contribution in [-0.4, -0.2) is 42.7 Å². The van der Waals surface area contributed by atoms with E-state index in [2.05, 4.69) is 0 Å². The van der Waals surface area contributed by atoms with E-state index >= 15 is 0 Å². The summed E-state index contributed by atoms with van der Waals surface area (Å²) in [4.78, 5) is 13.5. The number of aliphatic hydroxyl groups is 1. The maximum atomic E-state index is 11.5.